The third kappa shape index (κ3) is 9.03. The van der Waals surface area contributed by atoms with Crippen LogP contribution in [0.15, 0.2) is 96.3 Å². The van der Waals surface area contributed by atoms with E-state index in [1.807, 2.05) is 0 Å². The molecule has 0 aromatic heterocycles. The highest BCUT2D eigenvalue weighted by Crippen LogP contribution is 2.30. The number of ether oxygens (including phenoxy) is 1. The molecule has 0 radical (unpaired) electrons. The zero-order valence-electron chi connectivity index (χ0n) is 23.4. The quantitative estimate of drug-likeness (QED) is 0.0959. The van der Waals surface area contributed by atoms with Crippen LogP contribution in [0.2, 0.25) is 0 Å². The van der Waals surface area contributed by atoms with Gasteiger partial charge in [0.2, 0.25) is 0 Å². The molecule has 1 aliphatic carbocycles. The van der Waals surface area contributed by atoms with E-state index in [0.29, 0.717) is 16.9 Å². The van der Waals surface area contributed by atoms with Gasteiger partial charge in [0, 0.05) is 35.0 Å². The van der Waals surface area contributed by atoms with E-state index in [0.717, 1.165) is 50.0 Å². The Morgan fingerprint density at radius 2 is 1.77 bits per heavy atom. The van der Waals surface area contributed by atoms with Crippen molar-refractivity contribution >= 4 is 29.3 Å². The van der Waals surface area contributed by atoms with Crippen LogP contribution >= 0.6 is 0 Å². The maximum absolute atomic E-state index is 15.0. The molecule has 222 valence electrons. The normalized spacial score (nSPS) is 14.0. The minimum atomic E-state index is -1.09. The van der Waals surface area contributed by atoms with Crippen LogP contribution in [0.25, 0.3) is 0 Å². The first-order chi connectivity index (χ1) is 20.7. The molecule has 0 heterocycles. The maximum Gasteiger partial charge on any atom is 0.335 e. The van der Waals surface area contributed by atoms with E-state index in [2.05, 4.69) is 16.9 Å². The lowest BCUT2D eigenvalue weighted by molar-refractivity contribution is 0.0696. The summed E-state index contributed by atoms with van der Waals surface area (Å²) in [6.45, 7) is 2.94. The number of aliphatic imine (C=N–C) groups is 1. The van der Waals surface area contributed by atoms with Crippen molar-refractivity contribution < 1.29 is 32.6 Å². The number of halogens is 3. The van der Waals surface area contributed by atoms with Crippen LogP contribution in [0.1, 0.15) is 63.9 Å². The second-order valence-corrected chi connectivity index (χ2v) is 10.1. The van der Waals surface area contributed by atoms with Crippen molar-refractivity contribution in [2.24, 2.45) is 4.99 Å². The zero-order valence-corrected chi connectivity index (χ0v) is 23.4. The van der Waals surface area contributed by atoms with Crippen LogP contribution in [0.5, 0.6) is 5.75 Å². The molecule has 1 aliphatic rings. The standard InChI is InChI=1S/C34H31F3N2O4/c1-22(35)7-5-6-10-33(40)29-18-26(36)14-11-25(29)21-43-28-15-12-24(30(37)19-28)20-38-32-17-23(34(41)42)13-16-31(32)39-27-8-3-2-4-9-27/h5-7,10-20,27,39H,1-4,8-9,21H2,(H,41,42)/b7-5-,10-6+,38-20?. The molecule has 9 heteroatoms. The minimum absolute atomic E-state index is 0.0502. The first-order valence-electron chi connectivity index (χ1n) is 13.8. The SMILES string of the molecule is C=C(F)/C=C\C=C\C(=O)c1cc(F)ccc1COc1ccc(C=Nc2cc(C(=O)O)ccc2NC2CCCCC2)c(F)c1. The van der Waals surface area contributed by atoms with Gasteiger partial charge in [-0.1, -0.05) is 44.1 Å². The third-order valence-electron chi connectivity index (χ3n) is 6.89. The Kier molecular flexibility index (Phi) is 10.7. The van der Waals surface area contributed by atoms with Gasteiger partial charge >= 0.3 is 5.97 Å². The van der Waals surface area contributed by atoms with Crippen molar-refractivity contribution in [1.29, 1.82) is 0 Å². The number of aromatic carboxylic acids is 1. The first kappa shape index (κ1) is 31.0. The molecule has 0 unspecified atom stereocenters. The van der Waals surface area contributed by atoms with Gasteiger partial charge in [0.05, 0.1) is 16.9 Å². The number of carboxylic acids is 1. The Balaban J connectivity index is 1.48. The lowest BCUT2D eigenvalue weighted by Crippen LogP contribution is -2.22. The van der Waals surface area contributed by atoms with Gasteiger partial charge in [0.25, 0.3) is 0 Å². The van der Waals surface area contributed by atoms with Crippen molar-refractivity contribution in [3.8, 4) is 5.75 Å². The van der Waals surface area contributed by atoms with E-state index < -0.39 is 29.2 Å². The van der Waals surface area contributed by atoms with E-state index in [-0.39, 0.29) is 35.1 Å². The van der Waals surface area contributed by atoms with Crippen molar-refractivity contribution in [2.45, 2.75) is 44.8 Å². The summed E-state index contributed by atoms with van der Waals surface area (Å²) in [5.74, 6) is -3.36. The number of carbonyl (C=O) groups excluding carboxylic acids is 1. The predicted octanol–water partition coefficient (Wildman–Crippen LogP) is 8.52. The van der Waals surface area contributed by atoms with Gasteiger partial charge in [-0.15, -0.1) is 0 Å². The highest BCUT2D eigenvalue weighted by molar-refractivity contribution is 6.05. The molecule has 0 saturated heterocycles. The molecule has 6 nitrogen and oxygen atoms in total. The molecule has 1 saturated carbocycles. The van der Waals surface area contributed by atoms with Crippen LogP contribution < -0.4 is 10.1 Å². The largest absolute Gasteiger partial charge is 0.489 e. The van der Waals surface area contributed by atoms with Gasteiger partial charge in [0.1, 0.15) is 29.8 Å². The number of ketones is 1. The number of benzene rings is 3. The summed E-state index contributed by atoms with van der Waals surface area (Å²) in [6.07, 6.45) is 11.6. The van der Waals surface area contributed by atoms with Gasteiger partial charge in [-0.25, -0.2) is 18.0 Å². The average molecular weight is 589 g/mol. The van der Waals surface area contributed by atoms with Crippen LogP contribution in [-0.4, -0.2) is 29.1 Å². The number of carbonyl (C=O) groups is 2. The molecule has 3 aromatic rings. The van der Waals surface area contributed by atoms with Crippen molar-refractivity contribution in [2.75, 3.05) is 5.32 Å². The van der Waals surface area contributed by atoms with Gasteiger partial charge in [-0.05, 0) is 67.5 Å². The summed E-state index contributed by atoms with van der Waals surface area (Å²) in [7, 11) is 0. The van der Waals surface area contributed by atoms with E-state index >= 15 is 4.39 Å². The highest BCUT2D eigenvalue weighted by atomic mass is 19.1. The van der Waals surface area contributed by atoms with Gasteiger partial charge in [0.15, 0.2) is 5.78 Å². The molecule has 0 aliphatic heterocycles. The smallest absolute Gasteiger partial charge is 0.335 e. The van der Waals surface area contributed by atoms with Crippen LogP contribution in [0.4, 0.5) is 24.5 Å². The third-order valence-corrected chi connectivity index (χ3v) is 6.89. The first-order valence-corrected chi connectivity index (χ1v) is 13.8. The molecular formula is C34H31F3N2O4. The molecule has 43 heavy (non-hydrogen) atoms. The Morgan fingerprint density at radius 3 is 2.49 bits per heavy atom. The number of carboxylic acid groups (broad SMARTS) is 1. The summed E-state index contributed by atoms with van der Waals surface area (Å²) in [5.41, 5.74) is 1.71. The summed E-state index contributed by atoms with van der Waals surface area (Å²) in [4.78, 5) is 28.5. The van der Waals surface area contributed by atoms with E-state index in [4.69, 9.17) is 4.74 Å². The lowest BCUT2D eigenvalue weighted by atomic mass is 9.95. The van der Waals surface area contributed by atoms with Crippen LogP contribution in [-0.2, 0) is 6.61 Å². The van der Waals surface area contributed by atoms with Gasteiger partial charge < -0.3 is 15.2 Å². The van der Waals surface area contributed by atoms with Crippen LogP contribution in [0, 0.1) is 11.6 Å². The van der Waals surface area contributed by atoms with E-state index in [1.54, 1.807) is 6.07 Å². The summed E-state index contributed by atoms with van der Waals surface area (Å²) < 4.78 is 47.3. The monoisotopic (exact) mass is 588 g/mol. The molecule has 0 bridgehead atoms. The van der Waals surface area contributed by atoms with E-state index in [9.17, 15) is 23.5 Å². The Labute approximate surface area is 247 Å². The van der Waals surface area contributed by atoms with Crippen molar-refractivity contribution in [3.05, 3.63) is 125 Å². The summed E-state index contributed by atoms with van der Waals surface area (Å²) >= 11 is 0. The fraction of sp³-hybridized carbons (Fsp3) is 0.206. The Morgan fingerprint density at radius 1 is 1.00 bits per heavy atom. The number of allylic oxidation sites excluding steroid dienone is 5. The maximum atomic E-state index is 15.0. The number of rotatable bonds is 12. The number of hydrogen-bond donors (Lipinski definition) is 2. The molecule has 4 rings (SSSR count). The van der Waals surface area contributed by atoms with E-state index in [1.165, 1.54) is 61.2 Å². The van der Waals surface area contributed by atoms with Gasteiger partial charge in [-0.2, -0.15) is 0 Å². The van der Waals surface area contributed by atoms with Crippen molar-refractivity contribution in [1.82, 2.24) is 0 Å². The number of hydrogen-bond acceptors (Lipinski definition) is 5. The summed E-state index contributed by atoms with van der Waals surface area (Å²) in [5, 5.41) is 12.9. The molecule has 3 aromatic carbocycles. The molecule has 0 spiro atoms. The fourth-order valence-corrected chi connectivity index (χ4v) is 4.66. The topological polar surface area (TPSA) is 88.0 Å². The Bertz CT molecular complexity index is 1590. The number of nitrogens with one attached hydrogen (secondary N) is 1. The fourth-order valence-electron chi connectivity index (χ4n) is 4.66. The highest BCUT2D eigenvalue weighted by Gasteiger charge is 2.16. The summed E-state index contributed by atoms with van der Waals surface area (Å²) in [6, 6.07) is 12.7. The second kappa shape index (κ2) is 14.8. The zero-order chi connectivity index (χ0) is 30.8. The Hall–Kier alpha value is -4.92. The molecular weight excluding hydrogens is 557 g/mol. The second-order valence-electron chi connectivity index (χ2n) is 10.1. The molecule has 2 N–H and O–H groups in total. The number of nitrogens with zero attached hydrogens (tertiary/aromatic N) is 1. The minimum Gasteiger partial charge on any atom is -0.489 e. The van der Waals surface area contributed by atoms with Gasteiger partial charge in [-0.3, -0.25) is 9.79 Å². The van der Waals surface area contributed by atoms with Crippen LogP contribution in [0.3, 0.4) is 0 Å². The van der Waals surface area contributed by atoms with Crippen molar-refractivity contribution in [3.63, 3.8) is 0 Å². The average Bonchev–Trinajstić information content (AvgIpc) is 2.99. The lowest BCUT2D eigenvalue weighted by Gasteiger charge is -2.24. The number of anilines is 1. The molecule has 1 fully saturated rings. The molecule has 0 atom stereocenters. The predicted molar refractivity (Wildman–Crippen MR) is 161 cm³/mol. The molecule has 0 amide bonds.